The number of nitrogens with zero attached hydrogens (tertiary/aromatic N) is 3. The molecule has 0 radical (unpaired) electrons. The molecule has 1 heterocycles. The van der Waals surface area contributed by atoms with Gasteiger partial charge in [-0.3, -0.25) is 4.79 Å². The summed E-state index contributed by atoms with van der Waals surface area (Å²) in [5, 5.41) is 6.77. The van der Waals surface area contributed by atoms with Crippen molar-refractivity contribution in [1.82, 2.24) is 4.90 Å². The Morgan fingerprint density at radius 1 is 0.973 bits per heavy atom. The number of para-hydroxylation sites is 2. The molecule has 1 unspecified atom stereocenters. The molecule has 5 rings (SSSR count). The number of halogens is 1. The van der Waals surface area contributed by atoms with Gasteiger partial charge < -0.3 is 14.4 Å². The first-order valence-electron chi connectivity index (χ1n) is 12.8. The normalized spacial score (nSPS) is 18.0. The van der Waals surface area contributed by atoms with Crippen LogP contribution in [0.5, 0.6) is 11.5 Å². The summed E-state index contributed by atoms with van der Waals surface area (Å²) < 4.78 is 26.4. The number of ketones is 1. The number of hydrogen-bond donors (Lipinski definition) is 0. The van der Waals surface area contributed by atoms with E-state index in [0.29, 0.717) is 22.9 Å². The molecule has 0 spiro atoms. The molecule has 192 valence electrons. The molecular weight excluding hydrogens is 469 g/mol. The van der Waals surface area contributed by atoms with Crippen LogP contribution in [0, 0.1) is 5.82 Å². The lowest BCUT2D eigenvalue weighted by atomic mass is 9.92. The SMILES string of the molecule is COc1cccc(C2N(c3ccccc3)N=C(C(C)=O)N2C2CCCCC2)c1OCc1ccccc1F. The lowest BCUT2D eigenvalue weighted by Gasteiger charge is -2.39. The van der Waals surface area contributed by atoms with E-state index in [2.05, 4.69) is 4.90 Å². The number of amidine groups is 1. The molecule has 1 atom stereocenters. The van der Waals surface area contributed by atoms with Crippen LogP contribution in [-0.2, 0) is 11.4 Å². The first kappa shape index (κ1) is 24.8. The number of Topliss-reactive ketones (excluding diaryl/α,β-unsaturated/α-hetero) is 1. The number of benzene rings is 3. The van der Waals surface area contributed by atoms with Crippen molar-refractivity contribution in [3.63, 3.8) is 0 Å². The van der Waals surface area contributed by atoms with Gasteiger partial charge in [0.1, 0.15) is 12.4 Å². The van der Waals surface area contributed by atoms with E-state index in [-0.39, 0.29) is 24.2 Å². The lowest BCUT2D eigenvalue weighted by Crippen LogP contribution is -2.45. The van der Waals surface area contributed by atoms with Crippen molar-refractivity contribution in [1.29, 1.82) is 0 Å². The van der Waals surface area contributed by atoms with Crippen LogP contribution in [0.15, 0.2) is 77.9 Å². The summed E-state index contributed by atoms with van der Waals surface area (Å²) in [6.07, 6.45) is 4.97. The van der Waals surface area contributed by atoms with Crippen LogP contribution in [-0.4, -0.2) is 29.7 Å². The van der Waals surface area contributed by atoms with Gasteiger partial charge in [-0.25, -0.2) is 9.40 Å². The van der Waals surface area contributed by atoms with Gasteiger partial charge in [0.25, 0.3) is 0 Å². The van der Waals surface area contributed by atoms with Crippen LogP contribution in [0.25, 0.3) is 0 Å². The molecule has 0 bridgehead atoms. The van der Waals surface area contributed by atoms with Crippen LogP contribution in [0.3, 0.4) is 0 Å². The summed E-state index contributed by atoms with van der Waals surface area (Å²) in [6, 6.07) is 22.3. The highest BCUT2D eigenvalue weighted by molar-refractivity contribution is 6.38. The van der Waals surface area contributed by atoms with E-state index in [1.54, 1.807) is 32.2 Å². The largest absolute Gasteiger partial charge is 0.493 e. The third-order valence-corrected chi connectivity index (χ3v) is 7.08. The van der Waals surface area contributed by atoms with Gasteiger partial charge in [0.2, 0.25) is 0 Å². The van der Waals surface area contributed by atoms with Crippen molar-refractivity contribution in [3.8, 4) is 11.5 Å². The molecule has 0 amide bonds. The number of anilines is 1. The molecule has 1 aliphatic heterocycles. The van der Waals surface area contributed by atoms with Crippen molar-refractivity contribution in [3.05, 3.63) is 89.7 Å². The molecule has 1 saturated carbocycles. The fraction of sp³-hybridized carbons (Fsp3) is 0.333. The maximum absolute atomic E-state index is 14.4. The van der Waals surface area contributed by atoms with E-state index in [1.165, 1.54) is 12.5 Å². The summed E-state index contributed by atoms with van der Waals surface area (Å²) in [6.45, 7) is 1.61. The molecule has 1 fully saturated rings. The summed E-state index contributed by atoms with van der Waals surface area (Å²) in [5.74, 6) is 1.10. The first-order chi connectivity index (χ1) is 18.1. The lowest BCUT2D eigenvalue weighted by molar-refractivity contribution is -0.111. The van der Waals surface area contributed by atoms with Gasteiger partial charge in [-0.05, 0) is 37.1 Å². The predicted octanol–water partition coefficient (Wildman–Crippen LogP) is 6.47. The molecule has 3 aromatic rings. The summed E-state index contributed by atoms with van der Waals surface area (Å²) in [7, 11) is 1.59. The number of carbonyl (C=O) groups is 1. The van der Waals surface area contributed by atoms with E-state index in [1.807, 2.05) is 53.5 Å². The topological polar surface area (TPSA) is 54.4 Å². The number of methoxy groups -OCH3 is 1. The predicted molar refractivity (Wildman–Crippen MR) is 142 cm³/mol. The Kier molecular flexibility index (Phi) is 7.40. The Morgan fingerprint density at radius 3 is 2.41 bits per heavy atom. The quantitative estimate of drug-likeness (QED) is 0.354. The standard InChI is InChI=1S/C30H32FN3O3/c1-21(35)29-32-34(24-15-7-4-8-16-24)30(33(29)23-13-5-3-6-14-23)25-17-11-19-27(36-2)28(25)37-20-22-12-9-10-18-26(22)31/h4,7-12,15-19,23,30H,3,5-6,13-14,20H2,1-2H3. The zero-order valence-corrected chi connectivity index (χ0v) is 21.3. The zero-order chi connectivity index (χ0) is 25.8. The summed E-state index contributed by atoms with van der Waals surface area (Å²) >= 11 is 0. The van der Waals surface area contributed by atoms with E-state index < -0.39 is 6.17 Å². The number of rotatable bonds is 8. The second-order valence-corrected chi connectivity index (χ2v) is 9.49. The zero-order valence-electron chi connectivity index (χ0n) is 21.3. The third kappa shape index (κ3) is 5.03. The Labute approximate surface area is 217 Å². The van der Waals surface area contributed by atoms with Gasteiger partial charge in [-0.15, -0.1) is 5.10 Å². The highest BCUT2D eigenvalue weighted by Gasteiger charge is 2.43. The molecule has 6 nitrogen and oxygen atoms in total. The molecule has 1 aliphatic carbocycles. The smallest absolute Gasteiger partial charge is 0.196 e. The molecule has 0 aromatic heterocycles. The highest BCUT2D eigenvalue weighted by Crippen LogP contribution is 2.45. The van der Waals surface area contributed by atoms with Crippen molar-refractivity contribution >= 4 is 17.3 Å². The third-order valence-electron chi connectivity index (χ3n) is 7.08. The average Bonchev–Trinajstić information content (AvgIpc) is 3.34. The van der Waals surface area contributed by atoms with Crippen molar-refractivity contribution in [2.75, 3.05) is 12.1 Å². The van der Waals surface area contributed by atoms with Gasteiger partial charge in [-0.1, -0.05) is 67.8 Å². The van der Waals surface area contributed by atoms with Crippen LogP contribution in [0.1, 0.15) is 56.3 Å². The minimum atomic E-state index is -0.421. The molecule has 3 aromatic carbocycles. The van der Waals surface area contributed by atoms with E-state index >= 15 is 0 Å². The molecular formula is C30H32FN3O3. The molecule has 37 heavy (non-hydrogen) atoms. The number of ether oxygens (including phenoxy) is 2. The molecule has 0 N–H and O–H groups in total. The first-order valence-corrected chi connectivity index (χ1v) is 12.8. The number of carbonyl (C=O) groups excluding carboxylic acids is 1. The van der Waals surface area contributed by atoms with Crippen molar-refractivity contribution in [2.24, 2.45) is 5.10 Å². The summed E-state index contributed by atoms with van der Waals surface area (Å²) in [4.78, 5) is 15.1. The summed E-state index contributed by atoms with van der Waals surface area (Å²) in [5.41, 5.74) is 2.13. The molecule has 2 aliphatic rings. The number of hydrazone groups is 1. The van der Waals surface area contributed by atoms with Gasteiger partial charge >= 0.3 is 0 Å². The van der Waals surface area contributed by atoms with Crippen LogP contribution in [0.2, 0.25) is 0 Å². The maximum Gasteiger partial charge on any atom is 0.196 e. The second-order valence-electron chi connectivity index (χ2n) is 9.49. The van der Waals surface area contributed by atoms with Crippen LogP contribution in [0.4, 0.5) is 10.1 Å². The Hall–Kier alpha value is -3.87. The van der Waals surface area contributed by atoms with Gasteiger partial charge in [-0.2, -0.15) is 0 Å². The minimum Gasteiger partial charge on any atom is -0.493 e. The highest BCUT2D eigenvalue weighted by atomic mass is 19.1. The Morgan fingerprint density at radius 2 is 1.70 bits per heavy atom. The van der Waals surface area contributed by atoms with E-state index in [4.69, 9.17) is 14.6 Å². The Balaban J connectivity index is 1.62. The van der Waals surface area contributed by atoms with Gasteiger partial charge in [0.05, 0.1) is 12.8 Å². The van der Waals surface area contributed by atoms with Gasteiger partial charge in [0.15, 0.2) is 29.3 Å². The monoisotopic (exact) mass is 501 g/mol. The minimum absolute atomic E-state index is 0.0436. The maximum atomic E-state index is 14.4. The van der Waals surface area contributed by atoms with Crippen LogP contribution < -0.4 is 14.5 Å². The van der Waals surface area contributed by atoms with E-state index in [9.17, 15) is 9.18 Å². The Bertz CT molecular complexity index is 1270. The van der Waals surface area contributed by atoms with Gasteiger partial charge in [0, 0.05) is 24.1 Å². The number of hydrogen-bond acceptors (Lipinski definition) is 6. The van der Waals surface area contributed by atoms with Crippen molar-refractivity contribution in [2.45, 2.75) is 57.8 Å². The van der Waals surface area contributed by atoms with E-state index in [0.717, 1.165) is 36.9 Å². The van der Waals surface area contributed by atoms with Crippen LogP contribution >= 0.6 is 0 Å². The average molecular weight is 502 g/mol. The second kappa shape index (κ2) is 11.0. The van der Waals surface area contributed by atoms with Crippen molar-refractivity contribution < 1.29 is 18.7 Å². The molecule has 0 saturated heterocycles. The molecule has 7 heteroatoms. The fourth-order valence-electron chi connectivity index (χ4n) is 5.30. The fourth-order valence-corrected chi connectivity index (χ4v) is 5.30.